The number of aromatic nitrogens is 18. The van der Waals surface area contributed by atoms with E-state index >= 15 is 0 Å². The van der Waals surface area contributed by atoms with Gasteiger partial charge in [-0.15, -0.1) is 0 Å². The summed E-state index contributed by atoms with van der Waals surface area (Å²) >= 11 is 0. The molecular formula is C108H144N18. The summed E-state index contributed by atoms with van der Waals surface area (Å²) in [5.74, 6) is 0.825. The lowest BCUT2D eigenvalue weighted by Gasteiger charge is -2.01. The SMILES string of the molecule is CC.CC.CC.CC.CC.CC.CC.CC.CC.Cc1cc2ccncc2nc1C.Cc1cc2cnccc2nc1C.Cc1cc2cncnc2cc1C.Cc1cc2ncccc2nc1C.Cc1cc2nccnc2cc1C.Cc1ccc2nc(C)ccc2n1.Cc1ccc2nc(C)cnc2c1.Cc1ccc2nc(C)ncc2c1.Cc1nc2ccccc2nc1C. The molecule has 0 spiro atoms. The molecule has 0 unspecified atom stereocenters. The van der Waals surface area contributed by atoms with Gasteiger partial charge in [0.1, 0.15) is 12.2 Å². The molecule has 0 amide bonds. The Balaban J connectivity index is 0.000000692. The molecule has 126 heavy (non-hydrogen) atoms. The largest absolute Gasteiger partial charge is 0.264 e. The van der Waals surface area contributed by atoms with Crippen molar-refractivity contribution in [3.63, 3.8) is 0 Å². The molecule has 0 radical (unpaired) electrons. The lowest BCUT2D eigenvalue weighted by Crippen LogP contribution is -1.92. The van der Waals surface area contributed by atoms with Crippen LogP contribution in [0.4, 0.5) is 0 Å². The highest BCUT2D eigenvalue weighted by atomic mass is 14.9. The molecule has 18 nitrogen and oxygen atoms in total. The fourth-order valence-electron chi connectivity index (χ4n) is 10.9. The summed E-state index contributed by atoms with van der Waals surface area (Å²) < 4.78 is 0. The average Bonchev–Trinajstić information content (AvgIpc) is 0.816. The molecule has 0 atom stereocenters. The molecule has 18 aromatic rings. The zero-order valence-corrected chi connectivity index (χ0v) is 82.8. The molecule has 666 valence electrons. The van der Waals surface area contributed by atoms with Crippen LogP contribution >= 0.6 is 0 Å². The minimum absolute atomic E-state index is 0.825. The molecule has 0 aliphatic carbocycles. The minimum Gasteiger partial charge on any atom is -0.264 e. The number of hydrogen-bond acceptors (Lipinski definition) is 18. The van der Waals surface area contributed by atoms with Crippen molar-refractivity contribution in [2.24, 2.45) is 0 Å². The molecule has 5 aromatic carbocycles. The molecule has 0 saturated heterocycles. The summed E-state index contributed by atoms with van der Waals surface area (Å²) in [6, 6.07) is 50.6. The number of benzene rings is 5. The van der Waals surface area contributed by atoms with Gasteiger partial charge in [0, 0.05) is 106 Å². The molecule has 0 bridgehead atoms. The molecular weight excluding hydrogens is 1550 g/mol. The predicted molar refractivity (Wildman–Crippen MR) is 543 cm³/mol. The number of hydrogen-bond donors (Lipinski definition) is 0. The maximum atomic E-state index is 4.44. The van der Waals surface area contributed by atoms with Crippen molar-refractivity contribution in [3.05, 3.63) is 321 Å². The monoisotopic (exact) mass is 1690 g/mol. The maximum Gasteiger partial charge on any atom is 0.125 e. The topological polar surface area (TPSA) is 232 Å². The van der Waals surface area contributed by atoms with Crippen LogP contribution in [-0.2, 0) is 0 Å². The summed E-state index contributed by atoms with van der Waals surface area (Å²) in [5, 5.41) is 4.50. The quantitative estimate of drug-likeness (QED) is 0.137. The van der Waals surface area contributed by atoms with E-state index in [1.54, 1.807) is 49.7 Å². The minimum atomic E-state index is 0.825. The summed E-state index contributed by atoms with van der Waals surface area (Å²) in [7, 11) is 0. The van der Waals surface area contributed by atoms with E-state index < -0.39 is 0 Å². The third-order valence-corrected chi connectivity index (χ3v) is 17.8. The van der Waals surface area contributed by atoms with E-state index in [0.29, 0.717) is 0 Å². The Morgan fingerprint density at radius 1 is 0.175 bits per heavy atom. The average molecular weight is 1690 g/mol. The molecule has 0 aliphatic rings. The van der Waals surface area contributed by atoms with Gasteiger partial charge in [0.15, 0.2) is 0 Å². The van der Waals surface area contributed by atoms with E-state index in [1.807, 2.05) is 297 Å². The van der Waals surface area contributed by atoms with Crippen LogP contribution in [0, 0.1) is 125 Å². The van der Waals surface area contributed by atoms with Crippen LogP contribution in [0.25, 0.3) is 98.8 Å². The van der Waals surface area contributed by atoms with Crippen molar-refractivity contribution < 1.29 is 0 Å². The molecule has 0 N–H and O–H groups in total. The van der Waals surface area contributed by atoms with Crippen LogP contribution in [0.1, 0.15) is 226 Å². The Morgan fingerprint density at radius 2 is 0.524 bits per heavy atom. The molecule has 0 saturated carbocycles. The lowest BCUT2D eigenvalue weighted by atomic mass is 10.1. The number of nitrogens with zero attached hydrogens (tertiary/aromatic N) is 18. The second-order valence-corrected chi connectivity index (χ2v) is 26.7. The smallest absolute Gasteiger partial charge is 0.125 e. The molecule has 13 aromatic heterocycles. The van der Waals surface area contributed by atoms with Gasteiger partial charge in [-0.2, -0.15) is 0 Å². The van der Waals surface area contributed by atoms with Crippen LogP contribution in [0.15, 0.2) is 220 Å². The van der Waals surface area contributed by atoms with Crippen LogP contribution in [-0.4, -0.2) is 89.7 Å². The van der Waals surface area contributed by atoms with Crippen molar-refractivity contribution in [1.82, 2.24) is 89.7 Å². The fraction of sp³-hybridized carbons (Fsp3) is 0.333. The Morgan fingerprint density at radius 3 is 1.08 bits per heavy atom. The van der Waals surface area contributed by atoms with E-state index in [0.717, 1.165) is 150 Å². The standard InChI is InChI=1S/9C10H10N2.9C2H6/c1-7-3-9-5-11-6-12-10(9)4-8(7)2;1-7-3-5-10-9(11-7)6-4-8(2)12-10;1-7-5-9-6-11-4-3-10(9)12-8(7)2;1-7-5-9-3-4-11-6-10(9)12-8(7)2;1-7-5-9-10(6-8(7)2)12-4-3-11-9;1-7-3-4-10-9(5-7)6-11-8(2)12-10;1-7-3-4-9-10(5-7)11-6-8(2)12-9;1-7-6-10-9(12-8(7)2)4-3-5-11-10;1-7-8(2)12-10-6-4-3-5-9(10)11-7;9*1-2/h9*3-6H,1-2H3;9*1-2H3. The van der Waals surface area contributed by atoms with Gasteiger partial charge in [-0.25, -0.2) is 34.9 Å². The van der Waals surface area contributed by atoms with E-state index in [4.69, 9.17) is 0 Å². The van der Waals surface area contributed by atoms with Crippen molar-refractivity contribution in [3.8, 4) is 0 Å². The summed E-state index contributed by atoms with van der Waals surface area (Å²) in [6.07, 6.45) is 19.5. The molecule has 0 fully saturated rings. The first-order chi connectivity index (χ1) is 60.9. The van der Waals surface area contributed by atoms with Crippen molar-refractivity contribution >= 4 is 98.8 Å². The molecule has 18 heteroatoms. The molecule has 18 rings (SSSR count). The van der Waals surface area contributed by atoms with Crippen LogP contribution in [0.2, 0.25) is 0 Å². The predicted octanol–water partition coefficient (Wildman–Crippen LogP) is 29.5. The zero-order chi connectivity index (χ0) is 95.0. The number of aryl methyl sites for hydroxylation is 18. The number of fused-ring (bicyclic) bond motifs is 9. The number of rotatable bonds is 0. The zero-order valence-electron chi connectivity index (χ0n) is 82.8. The van der Waals surface area contributed by atoms with Gasteiger partial charge in [-0.3, -0.25) is 54.8 Å². The molecule has 0 aliphatic heterocycles. The maximum absolute atomic E-state index is 4.44. The van der Waals surface area contributed by atoms with E-state index in [9.17, 15) is 0 Å². The van der Waals surface area contributed by atoms with Gasteiger partial charge in [-0.05, 0) is 297 Å². The first kappa shape index (κ1) is 111. The van der Waals surface area contributed by atoms with Gasteiger partial charge in [0.2, 0.25) is 0 Å². The van der Waals surface area contributed by atoms with E-state index in [1.165, 1.54) is 50.1 Å². The summed E-state index contributed by atoms with van der Waals surface area (Å²) in [4.78, 5) is 76.7. The van der Waals surface area contributed by atoms with Gasteiger partial charge in [0.25, 0.3) is 0 Å². The Kier molecular flexibility index (Phi) is 54.8. The second-order valence-electron chi connectivity index (χ2n) is 26.7. The van der Waals surface area contributed by atoms with Gasteiger partial charge in [-0.1, -0.05) is 154 Å². The Hall–Kier alpha value is -13.0. The van der Waals surface area contributed by atoms with E-state index in [2.05, 4.69) is 213 Å². The van der Waals surface area contributed by atoms with Gasteiger partial charge in [0.05, 0.1) is 101 Å². The Bertz CT molecular complexity index is 4960. The van der Waals surface area contributed by atoms with E-state index in [-0.39, 0.29) is 0 Å². The highest BCUT2D eigenvalue weighted by molar-refractivity contribution is 5.82. The third-order valence-electron chi connectivity index (χ3n) is 17.8. The Labute approximate surface area is 754 Å². The summed E-state index contributed by atoms with van der Waals surface area (Å²) in [6.45, 7) is 72.5. The third kappa shape index (κ3) is 36.8. The second kappa shape index (κ2) is 62.2. The van der Waals surface area contributed by atoms with Crippen molar-refractivity contribution in [1.29, 1.82) is 0 Å². The van der Waals surface area contributed by atoms with Crippen molar-refractivity contribution in [2.75, 3.05) is 0 Å². The lowest BCUT2D eigenvalue weighted by molar-refractivity contribution is 1.09. The number of para-hydroxylation sites is 2. The normalized spacial score (nSPS) is 9.43. The number of pyridine rings is 8. The highest BCUT2D eigenvalue weighted by Gasteiger charge is 2.05. The fourth-order valence-corrected chi connectivity index (χ4v) is 10.9. The van der Waals surface area contributed by atoms with Crippen LogP contribution in [0.5, 0.6) is 0 Å². The van der Waals surface area contributed by atoms with Crippen LogP contribution < -0.4 is 0 Å². The van der Waals surface area contributed by atoms with Crippen LogP contribution in [0.3, 0.4) is 0 Å². The van der Waals surface area contributed by atoms with Gasteiger partial charge < -0.3 is 0 Å². The molecule has 13 heterocycles. The first-order valence-electron chi connectivity index (χ1n) is 44.6. The van der Waals surface area contributed by atoms with Gasteiger partial charge >= 0.3 is 0 Å². The first-order valence-corrected chi connectivity index (χ1v) is 44.6. The summed E-state index contributed by atoms with van der Waals surface area (Å²) in [5.41, 5.74) is 33.3. The highest BCUT2D eigenvalue weighted by Crippen LogP contribution is 2.21. The van der Waals surface area contributed by atoms with Crippen molar-refractivity contribution in [2.45, 2.75) is 249 Å².